The smallest absolute Gasteiger partial charge is 0.337 e. The molecule has 2 aromatic rings. The number of nitrogens with two attached hydrogens (primary N) is 1. The average molecular weight is 313 g/mol. The fraction of sp³-hybridized carbons (Fsp3) is 0.0667. The van der Waals surface area contributed by atoms with E-state index in [1.54, 1.807) is 13.0 Å². The lowest BCUT2D eigenvalue weighted by molar-refractivity contribution is 0.0696. The van der Waals surface area contributed by atoms with Crippen molar-refractivity contribution in [2.24, 2.45) is 0 Å². The number of pyridine rings is 1. The van der Waals surface area contributed by atoms with Crippen molar-refractivity contribution >= 4 is 23.6 Å². The molecule has 8 heteroatoms. The molecule has 0 bridgehead atoms. The summed E-state index contributed by atoms with van der Waals surface area (Å²) in [5.41, 5.74) is 5.52. The normalized spacial score (nSPS) is 12.9. The Labute approximate surface area is 129 Å². The molecular formula is C15H11N3O5. The monoisotopic (exact) mass is 313 g/mol. The van der Waals surface area contributed by atoms with Crippen molar-refractivity contribution in [1.82, 2.24) is 9.88 Å². The number of aryl methyl sites for hydroxylation is 1. The van der Waals surface area contributed by atoms with Crippen LogP contribution in [0.3, 0.4) is 0 Å². The highest BCUT2D eigenvalue weighted by atomic mass is 16.4. The molecule has 1 aromatic carbocycles. The van der Waals surface area contributed by atoms with Gasteiger partial charge in [-0.15, -0.1) is 0 Å². The van der Waals surface area contributed by atoms with Crippen molar-refractivity contribution in [3.8, 4) is 5.69 Å². The number of benzene rings is 1. The maximum atomic E-state index is 12.3. The van der Waals surface area contributed by atoms with Gasteiger partial charge in [0.15, 0.2) is 0 Å². The second-order valence-electron chi connectivity index (χ2n) is 5.10. The Morgan fingerprint density at radius 2 is 1.87 bits per heavy atom. The molecule has 4 N–H and O–H groups in total. The molecule has 0 saturated heterocycles. The molecule has 0 saturated carbocycles. The summed E-state index contributed by atoms with van der Waals surface area (Å²) in [5, 5.41) is 11.4. The third-order valence-electron chi connectivity index (χ3n) is 3.58. The van der Waals surface area contributed by atoms with Gasteiger partial charge in [-0.3, -0.25) is 24.3 Å². The van der Waals surface area contributed by atoms with Gasteiger partial charge in [0.1, 0.15) is 5.82 Å². The molecule has 116 valence electrons. The maximum absolute atomic E-state index is 12.3. The SMILES string of the molecule is Cc1ccc(-n2c(N)c3c(cc2=O)C(=O)NC3=O)c(C(=O)O)c1. The van der Waals surface area contributed by atoms with Crippen LogP contribution in [0.25, 0.3) is 5.69 Å². The predicted octanol–water partition coefficient (Wildman–Crippen LogP) is 0.310. The number of aromatic nitrogens is 1. The van der Waals surface area contributed by atoms with Gasteiger partial charge >= 0.3 is 5.97 Å². The van der Waals surface area contributed by atoms with Gasteiger partial charge in [0.05, 0.1) is 22.4 Å². The van der Waals surface area contributed by atoms with Crippen LogP contribution in [-0.4, -0.2) is 27.5 Å². The van der Waals surface area contributed by atoms with E-state index < -0.39 is 23.3 Å². The van der Waals surface area contributed by atoms with Crippen LogP contribution >= 0.6 is 0 Å². The molecular weight excluding hydrogens is 302 g/mol. The van der Waals surface area contributed by atoms with Crippen LogP contribution in [-0.2, 0) is 0 Å². The number of fused-ring (bicyclic) bond motifs is 1. The summed E-state index contributed by atoms with van der Waals surface area (Å²) < 4.78 is 0.917. The van der Waals surface area contributed by atoms with Crippen molar-refractivity contribution in [2.45, 2.75) is 6.92 Å². The maximum Gasteiger partial charge on any atom is 0.337 e. The summed E-state index contributed by atoms with van der Waals surface area (Å²) in [7, 11) is 0. The summed E-state index contributed by atoms with van der Waals surface area (Å²) >= 11 is 0. The van der Waals surface area contributed by atoms with Gasteiger partial charge in [0.2, 0.25) is 0 Å². The largest absolute Gasteiger partial charge is 0.478 e. The first-order chi connectivity index (χ1) is 10.8. The minimum Gasteiger partial charge on any atom is -0.478 e. The molecule has 0 aliphatic carbocycles. The Morgan fingerprint density at radius 1 is 1.17 bits per heavy atom. The van der Waals surface area contributed by atoms with E-state index in [0.717, 1.165) is 10.6 Å². The van der Waals surface area contributed by atoms with Gasteiger partial charge in [-0.1, -0.05) is 11.6 Å². The summed E-state index contributed by atoms with van der Waals surface area (Å²) in [6.07, 6.45) is 0. The van der Waals surface area contributed by atoms with E-state index in [9.17, 15) is 24.3 Å². The summed E-state index contributed by atoms with van der Waals surface area (Å²) in [5.74, 6) is -2.94. The molecule has 1 aliphatic rings. The van der Waals surface area contributed by atoms with Gasteiger partial charge in [-0.05, 0) is 19.1 Å². The number of rotatable bonds is 2. The van der Waals surface area contributed by atoms with Crippen LogP contribution in [0.4, 0.5) is 5.82 Å². The lowest BCUT2D eigenvalue weighted by atomic mass is 10.1. The van der Waals surface area contributed by atoms with Crippen molar-refractivity contribution in [2.75, 3.05) is 5.73 Å². The van der Waals surface area contributed by atoms with Crippen molar-refractivity contribution < 1.29 is 19.5 Å². The van der Waals surface area contributed by atoms with Crippen molar-refractivity contribution in [1.29, 1.82) is 0 Å². The molecule has 0 unspecified atom stereocenters. The molecule has 0 radical (unpaired) electrons. The number of carboxylic acids is 1. The predicted molar refractivity (Wildman–Crippen MR) is 79.9 cm³/mol. The molecule has 2 amide bonds. The number of hydrogen-bond acceptors (Lipinski definition) is 5. The van der Waals surface area contributed by atoms with E-state index in [2.05, 4.69) is 0 Å². The van der Waals surface area contributed by atoms with E-state index >= 15 is 0 Å². The topological polar surface area (TPSA) is 131 Å². The minimum atomic E-state index is -1.24. The van der Waals surface area contributed by atoms with E-state index in [-0.39, 0.29) is 28.2 Å². The van der Waals surface area contributed by atoms with Crippen LogP contribution in [0.15, 0.2) is 29.1 Å². The molecule has 23 heavy (non-hydrogen) atoms. The highest BCUT2D eigenvalue weighted by molar-refractivity contribution is 6.23. The van der Waals surface area contributed by atoms with Crippen LogP contribution in [0, 0.1) is 6.92 Å². The number of carboxylic acid groups (broad SMARTS) is 1. The Kier molecular flexibility index (Phi) is 3.03. The number of nitrogens with zero attached hydrogens (tertiary/aromatic N) is 1. The van der Waals surface area contributed by atoms with Gasteiger partial charge in [-0.25, -0.2) is 4.79 Å². The molecule has 0 fully saturated rings. The third-order valence-corrected chi connectivity index (χ3v) is 3.58. The Balaban J connectivity index is 2.38. The van der Waals surface area contributed by atoms with E-state index in [1.165, 1.54) is 12.1 Å². The standard InChI is InChI=1S/C15H11N3O5/c1-6-2-3-9(7(4-6)15(22)23)18-10(19)5-8-11(12(18)16)14(21)17-13(8)20/h2-5H,16H2,1H3,(H,22,23)(H,17,20,21). The second-order valence-corrected chi connectivity index (χ2v) is 5.10. The first-order valence-corrected chi connectivity index (χ1v) is 6.56. The van der Waals surface area contributed by atoms with Crippen molar-refractivity contribution in [3.63, 3.8) is 0 Å². The van der Waals surface area contributed by atoms with Crippen LogP contribution < -0.4 is 16.6 Å². The number of carbonyl (C=O) groups is 3. The number of nitrogen functional groups attached to an aromatic ring is 1. The second kappa shape index (κ2) is 4.80. The van der Waals surface area contributed by atoms with Gasteiger partial charge in [0.25, 0.3) is 17.4 Å². The molecule has 0 spiro atoms. The van der Waals surface area contributed by atoms with Crippen LogP contribution in [0.2, 0.25) is 0 Å². The summed E-state index contributed by atoms with van der Waals surface area (Å²) in [6.45, 7) is 1.71. The highest BCUT2D eigenvalue weighted by Crippen LogP contribution is 2.25. The first kappa shape index (κ1) is 14.5. The fourth-order valence-corrected chi connectivity index (χ4v) is 2.54. The molecule has 3 rings (SSSR count). The molecule has 8 nitrogen and oxygen atoms in total. The molecule has 0 atom stereocenters. The first-order valence-electron chi connectivity index (χ1n) is 6.56. The van der Waals surface area contributed by atoms with Crippen LogP contribution in [0.5, 0.6) is 0 Å². The molecule has 1 aliphatic heterocycles. The van der Waals surface area contributed by atoms with Crippen LogP contribution in [0.1, 0.15) is 36.6 Å². The van der Waals surface area contributed by atoms with Crippen molar-refractivity contribution in [3.05, 3.63) is 56.9 Å². The van der Waals surface area contributed by atoms with E-state index in [0.29, 0.717) is 5.56 Å². The number of amides is 2. The number of anilines is 1. The number of nitrogens with one attached hydrogen (secondary N) is 1. The zero-order valence-corrected chi connectivity index (χ0v) is 11.9. The average Bonchev–Trinajstić information content (AvgIpc) is 2.74. The zero-order chi connectivity index (χ0) is 16.9. The quantitative estimate of drug-likeness (QED) is 0.684. The van der Waals surface area contributed by atoms with E-state index in [1.807, 2.05) is 5.32 Å². The minimum absolute atomic E-state index is 0.0283. The van der Waals surface area contributed by atoms with Gasteiger partial charge < -0.3 is 10.8 Å². The Hall–Kier alpha value is -3.42. The van der Waals surface area contributed by atoms with Gasteiger partial charge in [0, 0.05) is 6.07 Å². The lowest BCUT2D eigenvalue weighted by Gasteiger charge is -2.14. The number of carbonyl (C=O) groups excluding carboxylic acids is 2. The number of aromatic carboxylic acids is 1. The highest BCUT2D eigenvalue weighted by Gasteiger charge is 2.32. The number of imide groups is 1. The summed E-state index contributed by atoms with van der Waals surface area (Å²) in [4.78, 5) is 47.2. The Morgan fingerprint density at radius 3 is 2.52 bits per heavy atom. The third kappa shape index (κ3) is 2.08. The fourth-order valence-electron chi connectivity index (χ4n) is 2.54. The number of hydrogen-bond donors (Lipinski definition) is 3. The zero-order valence-electron chi connectivity index (χ0n) is 11.9. The molecule has 2 heterocycles. The Bertz CT molecular complexity index is 958. The molecule has 1 aromatic heterocycles. The summed E-state index contributed by atoms with van der Waals surface area (Å²) in [6, 6.07) is 5.41. The lowest BCUT2D eigenvalue weighted by Crippen LogP contribution is -2.25. The van der Waals surface area contributed by atoms with Gasteiger partial charge in [-0.2, -0.15) is 0 Å². The van der Waals surface area contributed by atoms with E-state index in [4.69, 9.17) is 5.73 Å².